The fraction of sp³-hybridized carbons (Fsp3) is 0.714. The highest BCUT2D eigenvalue weighted by atomic mass is 32.2. The molecule has 1 heterocycles. The van der Waals surface area contributed by atoms with Crippen LogP contribution in [0.2, 0.25) is 0 Å². The number of cyclic esters (lactones) is 1. The van der Waals surface area contributed by atoms with Crippen LogP contribution >= 0.6 is 11.8 Å². The molecule has 1 aromatic carbocycles. The third-order valence-corrected chi connectivity index (χ3v) is 9.14. The third kappa shape index (κ3) is 6.78. The first-order valence-electron chi connectivity index (χ1n) is 13.3. The molecule has 1 N–H and O–H groups in total. The molecule has 190 valence electrons. The number of nitrogens with zero attached hydrogens (tertiary/aromatic N) is 1. The summed E-state index contributed by atoms with van der Waals surface area (Å²) >= 11 is 1.73. The Morgan fingerprint density at radius 3 is 2.03 bits per heavy atom. The highest BCUT2D eigenvalue weighted by Crippen LogP contribution is 2.46. The second-order valence-corrected chi connectivity index (χ2v) is 12.0. The van der Waals surface area contributed by atoms with Gasteiger partial charge in [-0.25, -0.2) is 9.69 Å². The van der Waals surface area contributed by atoms with Crippen LogP contribution in [-0.4, -0.2) is 45.5 Å². The summed E-state index contributed by atoms with van der Waals surface area (Å²) in [7, 11) is 0. The molecule has 3 rings (SSSR count). The summed E-state index contributed by atoms with van der Waals surface area (Å²) in [6.07, 6.45) is 11.0. The second kappa shape index (κ2) is 13.0. The Morgan fingerprint density at radius 2 is 1.50 bits per heavy atom. The van der Waals surface area contributed by atoms with Crippen LogP contribution in [0.25, 0.3) is 0 Å². The summed E-state index contributed by atoms with van der Waals surface area (Å²) in [5, 5.41) is 11.9. The topological polar surface area (TPSA) is 66.8 Å². The van der Waals surface area contributed by atoms with Crippen molar-refractivity contribution in [2.75, 3.05) is 6.61 Å². The van der Waals surface area contributed by atoms with Gasteiger partial charge in [-0.1, -0.05) is 96.8 Å². The molecule has 0 aromatic heterocycles. The zero-order valence-electron chi connectivity index (χ0n) is 21.2. The molecule has 1 aliphatic heterocycles. The molecule has 1 aromatic rings. The van der Waals surface area contributed by atoms with Gasteiger partial charge >= 0.3 is 6.09 Å². The summed E-state index contributed by atoms with van der Waals surface area (Å²) in [4.78, 5) is 28.4. The largest absolute Gasteiger partial charge is 0.447 e. The summed E-state index contributed by atoms with van der Waals surface area (Å²) in [6, 6.07) is 9.97. The summed E-state index contributed by atoms with van der Waals surface area (Å²) < 4.78 is 4.76. The lowest BCUT2D eigenvalue weighted by Crippen LogP contribution is -2.52. The van der Waals surface area contributed by atoms with E-state index in [1.807, 2.05) is 32.0 Å². The standard InChI is InChI=1S/C28H43NO4S/c1-21(2)24-20-33-27(32)29(24)26(31)22(3)25(30)28(34-23-16-12-11-13-17-23)18-14-9-7-5-4-6-8-10-15-19-28/h11-13,16-17,21-22,24-25,30H,4-10,14-15,18-20H2,1-3H3/t22-,24-,25+/m1/s1. The average Bonchev–Trinajstić information content (AvgIpc) is 3.22. The molecular formula is C28H43NO4S. The van der Waals surface area contributed by atoms with Gasteiger partial charge in [0.05, 0.1) is 18.1 Å². The molecule has 0 unspecified atom stereocenters. The number of amides is 2. The molecule has 1 aliphatic carbocycles. The minimum absolute atomic E-state index is 0.105. The van der Waals surface area contributed by atoms with Crippen LogP contribution in [0.4, 0.5) is 4.79 Å². The van der Waals surface area contributed by atoms with Crippen LogP contribution in [0.15, 0.2) is 35.2 Å². The van der Waals surface area contributed by atoms with E-state index in [9.17, 15) is 14.7 Å². The van der Waals surface area contributed by atoms with E-state index >= 15 is 0 Å². The predicted molar refractivity (Wildman–Crippen MR) is 138 cm³/mol. The van der Waals surface area contributed by atoms with Gasteiger partial charge in [0.2, 0.25) is 5.91 Å². The summed E-state index contributed by atoms with van der Waals surface area (Å²) in [5.41, 5.74) is 0. The first-order chi connectivity index (χ1) is 16.4. The zero-order chi connectivity index (χ0) is 24.6. The molecule has 3 atom stereocenters. The minimum Gasteiger partial charge on any atom is -0.447 e. The molecule has 1 saturated heterocycles. The minimum atomic E-state index is -0.852. The molecule has 2 fully saturated rings. The Labute approximate surface area is 210 Å². The van der Waals surface area contributed by atoms with E-state index in [2.05, 4.69) is 12.1 Å². The third-order valence-electron chi connectivity index (χ3n) is 7.58. The van der Waals surface area contributed by atoms with E-state index in [1.165, 1.54) is 37.0 Å². The van der Waals surface area contributed by atoms with E-state index in [-0.39, 0.29) is 24.5 Å². The van der Waals surface area contributed by atoms with E-state index in [4.69, 9.17) is 4.74 Å². The summed E-state index contributed by atoms with van der Waals surface area (Å²) in [6.45, 7) is 6.01. The Bertz CT molecular complexity index is 772. The van der Waals surface area contributed by atoms with E-state index in [0.29, 0.717) is 0 Å². The number of ether oxygens (including phenoxy) is 1. The first kappa shape index (κ1) is 27.1. The number of aliphatic hydroxyl groups excluding tert-OH is 1. The molecule has 0 spiro atoms. The summed E-state index contributed by atoms with van der Waals surface area (Å²) in [5.74, 6) is -0.891. The van der Waals surface area contributed by atoms with Gasteiger partial charge in [-0.3, -0.25) is 4.79 Å². The molecule has 0 bridgehead atoms. The lowest BCUT2D eigenvalue weighted by atomic mass is 9.82. The molecular weight excluding hydrogens is 446 g/mol. The van der Waals surface area contributed by atoms with Gasteiger partial charge in [0.25, 0.3) is 0 Å². The molecule has 6 heteroatoms. The first-order valence-corrected chi connectivity index (χ1v) is 14.1. The van der Waals surface area contributed by atoms with Gasteiger partial charge in [0.1, 0.15) is 6.61 Å². The van der Waals surface area contributed by atoms with Gasteiger partial charge < -0.3 is 9.84 Å². The van der Waals surface area contributed by atoms with Crippen molar-refractivity contribution in [3.8, 4) is 0 Å². The van der Waals surface area contributed by atoms with Crippen molar-refractivity contribution < 1.29 is 19.4 Å². The van der Waals surface area contributed by atoms with Crippen molar-refractivity contribution >= 4 is 23.8 Å². The van der Waals surface area contributed by atoms with Gasteiger partial charge in [-0.05, 0) is 30.9 Å². The lowest BCUT2D eigenvalue weighted by molar-refractivity contribution is -0.138. The van der Waals surface area contributed by atoms with Crippen LogP contribution in [-0.2, 0) is 9.53 Å². The normalized spacial score (nSPS) is 24.1. The van der Waals surface area contributed by atoms with Crippen molar-refractivity contribution in [1.29, 1.82) is 0 Å². The monoisotopic (exact) mass is 489 g/mol. The van der Waals surface area contributed by atoms with Crippen molar-refractivity contribution in [2.24, 2.45) is 11.8 Å². The molecule has 2 aliphatic rings. The Kier molecular flexibility index (Phi) is 10.3. The van der Waals surface area contributed by atoms with Gasteiger partial charge in [0.15, 0.2) is 0 Å². The maximum absolute atomic E-state index is 13.6. The molecule has 2 amide bonds. The fourth-order valence-corrected chi connectivity index (χ4v) is 6.96. The number of hydrogen-bond acceptors (Lipinski definition) is 5. The van der Waals surface area contributed by atoms with E-state index in [1.54, 1.807) is 18.7 Å². The van der Waals surface area contributed by atoms with Crippen molar-refractivity contribution in [3.05, 3.63) is 30.3 Å². The van der Waals surface area contributed by atoms with Crippen molar-refractivity contribution in [2.45, 2.75) is 113 Å². The van der Waals surface area contributed by atoms with Gasteiger partial charge in [-0.2, -0.15) is 0 Å². The molecule has 34 heavy (non-hydrogen) atoms. The Hall–Kier alpha value is -1.53. The van der Waals surface area contributed by atoms with E-state index < -0.39 is 22.9 Å². The molecule has 1 saturated carbocycles. The Balaban J connectivity index is 1.88. The second-order valence-electron chi connectivity index (χ2n) is 10.5. The number of thioether (sulfide) groups is 1. The quantitative estimate of drug-likeness (QED) is 0.475. The van der Waals surface area contributed by atoms with Crippen molar-refractivity contribution in [1.82, 2.24) is 4.90 Å². The number of rotatable bonds is 6. The lowest BCUT2D eigenvalue weighted by Gasteiger charge is -2.41. The molecule has 0 radical (unpaired) electrons. The number of imide groups is 1. The smallest absolute Gasteiger partial charge is 0.416 e. The highest BCUT2D eigenvalue weighted by molar-refractivity contribution is 8.00. The Morgan fingerprint density at radius 1 is 0.971 bits per heavy atom. The number of carbonyl (C=O) groups excluding carboxylic acids is 2. The van der Waals surface area contributed by atoms with Crippen LogP contribution in [0.1, 0.15) is 91.4 Å². The van der Waals surface area contributed by atoms with Crippen molar-refractivity contribution in [3.63, 3.8) is 0 Å². The van der Waals surface area contributed by atoms with Gasteiger partial charge in [-0.15, -0.1) is 11.8 Å². The molecule has 5 nitrogen and oxygen atoms in total. The average molecular weight is 490 g/mol. The maximum atomic E-state index is 13.6. The zero-order valence-corrected chi connectivity index (χ0v) is 22.0. The number of carbonyl (C=O) groups is 2. The van der Waals surface area contributed by atoms with Crippen LogP contribution in [0.3, 0.4) is 0 Å². The number of benzene rings is 1. The fourth-order valence-electron chi connectivity index (χ4n) is 5.38. The van der Waals surface area contributed by atoms with Crippen LogP contribution < -0.4 is 0 Å². The van der Waals surface area contributed by atoms with Crippen LogP contribution in [0.5, 0.6) is 0 Å². The van der Waals surface area contributed by atoms with Gasteiger partial charge in [0, 0.05) is 9.64 Å². The van der Waals surface area contributed by atoms with Crippen LogP contribution in [0, 0.1) is 11.8 Å². The number of aliphatic hydroxyl groups is 1. The maximum Gasteiger partial charge on any atom is 0.416 e. The SMILES string of the molecule is CC(C)[C@H]1COC(=O)N1C(=O)[C@H](C)[C@H](O)C1(Sc2ccccc2)CCCCCCCCCCC1. The highest BCUT2D eigenvalue weighted by Gasteiger charge is 2.48. The van der Waals surface area contributed by atoms with E-state index in [0.717, 1.165) is 43.4 Å². The number of hydrogen-bond donors (Lipinski definition) is 1. The predicted octanol–water partition coefficient (Wildman–Crippen LogP) is 6.82.